The summed E-state index contributed by atoms with van der Waals surface area (Å²) in [6.45, 7) is 0. The number of hydrogen-bond acceptors (Lipinski definition) is 6. The minimum absolute atomic E-state index is 0.0885. The predicted octanol–water partition coefficient (Wildman–Crippen LogP) is 1.93. The smallest absolute Gasteiger partial charge is 0.339 e. The van der Waals surface area contributed by atoms with E-state index in [4.69, 9.17) is 4.18 Å². The van der Waals surface area contributed by atoms with Gasteiger partial charge in [-0.05, 0) is 24.3 Å². The molecule has 116 valence electrons. The van der Waals surface area contributed by atoms with Gasteiger partial charge in [0.15, 0.2) is 5.75 Å². The molecule has 0 saturated heterocycles. The van der Waals surface area contributed by atoms with E-state index >= 15 is 0 Å². The molecule has 2 aromatic carbocycles. The average Bonchev–Trinajstić information content (AvgIpc) is 3.08. The quantitative estimate of drug-likeness (QED) is 0.527. The zero-order valence-electron chi connectivity index (χ0n) is 11.9. The highest BCUT2D eigenvalue weighted by molar-refractivity contribution is 7.87. The van der Waals surface area contributed by atoms with Crippen LogP contribution in [0.15, 0.2) is 77.2 Å². The van der Waals surface area contributed by atoms with Crippen molar-refractivity contribution >= 4 is 16.3 Å². The van der Waals surface area contributed by atoms with Crippen LogP contribution in [0.1, 0.15) is 5.56 Å². The summed E-state index contributed by atoms with van der Waals surface area (Å²) in [6, 6.07) is 14.7. The first-order valence-corrected chi connectivity index (χ1v) is 8.03. The molecule has 0 bridgehead atoms. The molecule has 1 heterocycles. The van der Waals surface area contributed by atoms with Gasteiger partial charge in [0.05, 0.1) is 6.21 Å². The summed E-state index contributed by atoms with van der Waals surface area (Å²) < 4.78 is 31.2. The molecule has 0 saturated carbocycles. The lowest BCUT2D eigenvalue weighted by molar-refractivity contribution is 0.485. The number of aromatic nitrogens is 3. The Hall–Kier alpha value is -3.00. The van der Waals surface area contributed by atoms with E-state index in [-0.39, 0.29) is 10.6 Å². The van der Waals surface area contributed by atoms with Gasteiger partial charge in [0, 0.05) is 5.56 Å². The fourth-order valence-electron chi connectivity index (χ4n) is 1.80. The summed E-state index contributed by atoms with van der Waals surface area (Å²) in [4.78, 5) is 0.0885. The monoisotopic (exact) mass is 328 g/mol. The van der Waals surface area contributed by atoms with Gasteiger partial charge < -0.3 is 4.18 Å². The molecule has 0 aliphatic heterocycles. The second-order valence-electron chi connectivity index (χ2n) is 4.47. The molecule has 3 rings (SSSR count). The lowest BCUT2D eigenvalue weighted by Crippen LogP contribution is -2.10. The van der Waals surface area contributed by atoms with Gasteiger partial charge in [0.2, 0.25) is 0 Å². The van der Waals surface area contributed by atoms with E-state index in [9.17, 15) is 8.42 Å². The van der Waals surface area contributed by atoms with Crippen LogP contribution in [-0.2, 0) is 10.1 Å². The Balaban J connectivity index is 1.89. The van der Waals surface area contributed by atoms with Gasteiger partial charge in [-0.1, -0.05) is 30.3 Å². The molecule has 8 heteroatoms. The van der Waals surface area contributed by atoms with E-state index in [2.05, 4.69) is 15.3 Å². The highest BCUT2D eigenvalue weighted by Gasteiger charge is 2.17. The first kappa shape index (κ1) is 14.9. The summed E-state index contributed by atoms with van der Waals surface area (Å²) in [5.74, 6) is 0.188. The summed E-state index contributed by atoms with van der Waals surface area (Å²) in [5.41, 5.74) is 0.515. The predicted molar refractivity (Wildman–Crippen MR) is 83.7 cm³/mol. The van der Waals surface area contributed by atoms with Crippen molar-refractivity contribution in [3.05, 3.63) is 72.8 Å². The summed E-state index contributed by atoms with van der Waals surface area (Å²) >= 11 is 0. The minimum Gasteiger partial charge on any atom is -0.378 e. The molecule has 0 aliphatic carbocycles. The molecule has 0 radical (unpaired) electrons. The van der Waals surface area contributed by atoms with Crippen molar-refractivity contribution in [2.24, 2.45) is 5.10 Å². The van der Waals surface area contributed by atoms with E-state index in [1.54, 1.807) is 42.5 Å². The molecule has 3 aromatic rings. The second kappa shape index (κ2) is 6.41. The Kier molecular flexibility index (Phi) is 4.15. The average molecular weight is 328 g/mol. The third-order valence-electron chi connectivity index (χ3n) is 2.89. The largest absolute Gasteiger partial charge is 0.378 e. The molecule has 0 spiro atoms. The molecular formula is C15H12N4O3S. The number of benzene rings is 2. The van der Waals surface area contributed by atoms with Crippen molar-refractivity contribution in [3.63, 3.8) is 0 Å². The summed E-state index contributed by atoms with van der Waals surface area (Å²) in [7, 11) is -3.90. The molecule has 1 aromatic heterocycles. The molecule has 0 fully saturated rings. The molecule has 0 unspecified atom stereocenters. The maximum atomic E-state index is 12.3. The third kappa shape index (κ3) is 3.61. The van der Waals surface area contributed by atoms with Crippen LogP contribution in [0.5, 0.6) is 5.75 Å². The Morgan fingerprint density at radius 3 is 2.35 bits per heavy atom. The van der Waals surface area contributed by atoms with E-state index in [1.165, 1.54) is 35.7 Å². The van der Waals surface area contributed by atoms with Crippen LogP contribution in [0.4, 0.5) is 0 Å². The lowest BCUT2D eigenvalue weighted by atomic mass is 10.2. The third-order valence-corrected chi connectivity index (χ3v) is 4.14. The van der Waals surface area contributed by atoms with Crippen LogP contribution in [0.25, 0.3) is 0 Å². The van der Waals surface area contributed by atoms with Gasteiger partial charge in [-0.15, -0.1) is 10.2 Å². The zero-order valence-corrected chi connectivity index (χ0v) is 12.7. The first-order chi connectivity index (χ1) is 11.1. The standard InChI is InChI=1S/C15H12N4O3S/c20-23(21,14-7-2-1-3-8-14)22-15-9-5-4-6-13(15)10-18-19-11-16-17-12-19/h1-12H/b18-10+. The topological polar surface area (TPSA) is 86.4 Å². The van der Waals surface area contributed by atoms with E-state index < -0.39 is 10.1 Å². The second-order valence-corrected chi connectivity index (χ2v) is 6.02. The van der Waals surface area contributed by atoms with Gasteiger partial charge >= 0.3 is 10.1 Å². The molecule has 0 amide bonds. The van der Waals surface area contributed by atoms with Crippen LogP contribution >= 0.6 is 0 Å². The number of hydrogen-bond donors (Lipinski definition) is 0. The van der Waals surface area contributed by atoms with E-state index in [0.717, 1.165) is 0 Å². The molecule has 0 atom stereocenters. The molecule has 23 heavy (non-hydrogen) atoms. The van der Waals surface area contributed by atoms with Crippen molar-refractivity contribution < 1.29 is 12.6 Å². The van der Waals surface area contributed by atoms with Crippen LogP contribution in [0.2, 0.25) is 0 Å². The SMILES string of the molecule is O=S(=O)(Oc1ccccc1/C=N/n1cnnc1)c1ccccc1. The summed E-state index contributed by atoms with van der Waals surface area (Å²) in [6.07, 6.45) is 4.31. The Morgan fingerprint density at radius 1 is 0.957 bits per heavy atom. The number of rotatable bonds is 5. The molecule has 0 aliphatic rings. The minimum atomic E-state index is -3.90. The van der Waals surface area contributed by atoms with Crippen LogP contribution in [-0.4, -0.2) is 29.5 Å². The normalized spacial score (nSPS) is 11.7. The molecule has 0 N–H and O–H groups in total. The zero-order chi connectivity index (χ0) is 16.1. The van der Waals surface area contributed by atoms with Gasteiger partial charge in [0.25, 0.3) is 0 Å². The van der Waals surface area contributed by atoms with Crippen LogP contribution in [0, 0.1) is 0 Å². The van der Waals surface area contributed by atoms with Crippen LogP contribution < -0.4 is 4.18 Å². The highest BCUT2D eigenvalue weighted by atomic mass is 32.2. The van der Waals surface area contributed by atoms with Gasteiger partial charge in [-0.25, -0.2) is 4.68 Å². The number of nitrogens with zero attached hydrogens (tertiary/aromatic N) is 4. The van der Waals surface area contributed by atoms with Crippen molar-refractivity contribution in [1.29, 1.82) is 0 Å². The van der Waals surface area contributed by atoms with Crippen molar-refractivity contribution in [3.8, 4) is 5.75 Å². The van der Waals surface area contributed by atoms with Crippen molar-refractivity contribution in [2.45, 2.75) is 4.90 Å². The van der Waals surface area contributed by atoms with Crippen LogP contribution in [0.3, 0.4) is 0 Å². The number of para-hydroxylation sites is 1. The van der Waals surface area contributed by atoms with Gasteiger partial charge in [-0.2, -0.15) is 13.5 Å². The van der Waals surface area contributed by atoms with E-state index in [1.807, 2.05) is 0 Å². The Bertz CT molecular complexity index is 907. The lowest BCUT2D eigenvalue weighted by Gasteiger charge is -2.09. The van der Waals surface area contributed by atoms with Gasteiger partial charge in [0.1, 0.15) is 17.6 Å². The highest BCUT2D eigenvalue weighted by Crippen LogP contribution is 2.21. The summed E-state index contributed by atoms with van der Waals surface area (Å²) in [5, 5.41) is 11.3. The molecule has 7 nitrogen and oxygen atoms in total. The maximum Gasteiger partial charge on any atom is 0.339 e. The Labute approximate surface area is 133 Å². The van der Waals surface area contributed by atoms with E-state index in [0.29, 0.717) is 5.56 Å². The first-order valence-electron chi connectivity index (χ1n) is 6.63. The fraction of sp³-hybridized carbons (Fsp3) is 0. The van der Waals surface area contributed by atoms with Crippen molar-refractivity contribution in [1.82, 2.24) is 14.9 Å². The van der Waals surface area contributed by atoms with Gasteiger partial charge in [-0.3, -0.25) is 0 Å². The Morgan fingerprint density at radius 2 is 1.61 bits per heavy atom. The molecular weight excluding hydrogens is 316 g/mol. The maximum absolute atomic E-state index is 12.3. The fourth-order valence-corrected chi connectivity index (χ4v) is 2.78. The van der Waals surface area contributed by atoms with Crippen molar-refractivity contribution in [2.75, 3.05) is 0 Å².